The van der Waals surface area contributed by atoms with E-state index >= 15 is 0 Å². The number of hydrogen-bond acceptors (Lipinski definition) is 7. The van der Waals surface area contributed by atoms with E-state index in [0.29, 0.717) is 17.5 Å². The van der Waals surface area contributed by atoms with Gasteiger partial charge >= 0.3 is 0 Å². The lowest BCUT2D eigenvalue weighted by Gasteiger charge is -2.40. The van der Waals surface area contributed by atoms with Gasteiger partial charge in [0.25, 0.3) is 0 Å². The molecule has 1 saturated heterocycles. The Hall–Kier alpha value is -2.31. The monoisotopic (exact) mass is 439 g/mol. The molecule has 1 aliphatic heterocycles. The topological polar surface area (TPSA) is 134 Å². The van der Waals surface area contributed by atoms with Gasteiger partial charge in [-0.1, -0.05) is 49.2 Å². The predicted octanol–water partition coefficient (Wildman–Crippen LogP) is 1.43. The van der Waals surface area contributed by atoms with Crippen LogP contribution >= 0.6 is 0 Å². The Labute approximate surface area is 187 Å². The fourth-order valence-corrected chi connectivity index (χ4v) is 4.82. The smallest absolute Gasteiger partial charge is 0.113 e. The summed E-state index contributed by atoms with van der Waals surface area (Å²) in [6, 6.07) is 15.0. The summed E-state index contributed by atoms with van der Waals surface area (Å²) in [6.45, 7) is -0.497. The standard InChI is InChI=1S/C25H29NO6/c26-13-17-6-5-16(24-23(30)22(29)21(28)20(14-27)32-24)12-18(17)11-15-3-7-19(8-4-15)25(31)9-1-2-10-25/h3-8,12,20-24,27-31H,1-2,9-11,14H2/t20?,21-,22+,23-,24?/m1/s1. The molecule has 2 aromatic carbocycles. The normalized spacial score (nSPS) is 29.6. The second kappa shape index (κ2) is 9.28. The highest BCUT2D eigenvalue weighted by molar-refractivity contribution is 5.44. The third kappa shape index (κ3) is 4.30. The van der Waals surface area contributed by atoms with Gasteiger partial charge in [-0.05, 0) is 47.6 Å². The minimum absolute atomic E-state index is 0.465. The lowest BCUT2D eigenvalue weighted by atomic mass is 9.88. The maximum absolute atomic E-state index is 10.8. The molecule has 5 atom stereocenters. The number of nitriles is 1. The highest BCUT2D eigenvalue weighted by Gasteiger charge is 2.44. The molecule has 4 rings (SSSR count). The van der Waals surface area contributed by atoms with E-state index in [4.69, 9.17) is 4.74 Å². The van der Waals surface area contributed by atoms with Gasteiger partial charge in [-0.2, -0.15) is 5.26 Å². The molecule has 0 bridgehead atoms. The summed E-state index contributed by atoms with van der Waals surface area (Å²) in [5, 5.41) is 60.3. The minimum Gasteiger partial charge on any atom is -0.394 e. The number of benzene rings is 2. The summed E-state index contributed by atoms with van der Waals surface area (Å²) in [7, 11) is 0. The van der Waals surface area contributed by atoms with E-state index in [1.807, 2.05) is 24.3 Å². The van der Waals surface area contributed by atoms with Crippen molar-refractivity contribution in [1.29, 1.82) is 5.26 Å². The zero-order valence-corrected chi connectivity index (χ0v) is 17.8. The van der Waals surface area contributed by atoms with Crippen LogP contribution in [0.25, 0.3) is 0 Å². The molecule has 7 nitrogen and oxygen atoms in total. The highest BCUT2D eigenvalue weighted by Crippen LogP contribution is 2.39. The van der Waals surface area contributed by atoms with Gasteiger partial charge in [0.1, 0.15) is 30.5 Å². The summed E-state index contributed by atoms with van der Waals surface area (Å²) in [4.78, 5) is 0. The molecule has 7 heteroatoms. The SMILES string of the molecule is N#Cc1ccc(C2OC(CO)[C@@H](O)[C@H](O)[C@H]2O)cc1Cc1ccc(C2(O)CCCC2)cc1. The van der Waals surface area contributed by atoms with Gasteiger partial charge in [0.2, 0.25) is 0 Å². The molecule has 170 valence electrons. The Bertz CT molecular complexity index is 977. The van der Waals surface area contributed by atoms with Gasteiger partial charge in [0, 0.05) is 0 Å². The van der Waals surface area contributed by atoms with Gasteiger partial charge in [0.15, 0.2) is 0 Å². The summed E-state index contributed by atoms with van der Waals surface area (Å²) in [5.74, 6) is 0. The predicted molar refractivity (Wildman–Crippen MR) is 115 cm³/mol. The molecule has 1 saturated carbocycles. The van der Waals surface area contributed by atoms with Crippen LogP contribution < -0.4 is 0 Å². The molecular formula is C25H29NO6. The Morgan fingerprint density at radius 3 is 2.28 bits per heavy atom. The molecule has 0 aromatic heterocycles. The second-order valence-corrected chi connectivity index (χ2v) is 8.89. The van der Waals surface area contributed by atoms with Crippen LogP contribution in [0.4, 0.5) is 0 Å². The van der Waals surface area contributed by atoms with Crippen molar-refractivity contribution in [2.24, 2.45) is 0 Å². The Morgan fingerprint density at radius 2 is 1.66 bits per heavy atom. The molecule has 2 unspecified atom stereocenters. The second-order valence-electron chi connectivity index (χ2n) is 8.89. The van der Waals surface area contributed by atoms with Crippen molar-refractivity contribution in [3.8, 4) is 6.07 Å². The first-order valence-electron chi connectivity index (χ1n) is 11.0. The van der Waals surface area contributed by atoms with Gasteiger partial charge in [0.05, 0.1) is 23.8 Å². The van der Waals surface area contributed by atoms with Crippen LogP contribution in [-0.2, 0) is 16.8 Å². The highest BCUT2D eigenvalue weighted by atomic mass is 16.5. The number of ether oxygens (including phenoxy) is 1. The van der Waals surface area contributed by atoms with Crippen LogP contribution in [0.1, 0.15) is 59.6 Å². The summed E-state index contributed by atoms with van der Waals surface area (Å²) < 4.78 is 5.66. The molecule has 1 heterocycles. The van der Waals surface area contributed by atoms with Crippen LogP contribution in [0.2, 0.25) is 0 Å². The first-order valence-corrected chi connectivity index (χ1v) is 11.0. The van der Waals surface area contributed by atoms with E-state index in [-0.39, 0.29) is 0 Å². The first kappa shape index (κ1) is 22.9. The third-order valence-corrected chi connectivity index (χ3v) is 6.79. The summed E-state index contributed by atoms with van der Waals surface area (Å²) in [5.41, 5.74) is 2.89. The first-order chi connectivity index (χ1) is 15.4. The number of hydrogen-bond donors (Lipinski definition) is 5. The van der Waals surface area contributed by atoms with E-state index in [2.05, 4.69) is 6.07 Å². The average Bonchev–Trinajstić information content (AvgIpc) is 3.26. The van der Waals surface area contributed by atoms with Crippen molar-refractivity contribution in [3.63, 3.8) is 0 Å². The fraction of sp³-hybridized carbons (Fsp3) is 0.480. The number of aliphatic hydroxyl groups is 5. The van der Waals surface area contributed by atoms with Crippen LogP contribution in [0.15, 0.2) is 42.5 Å². The molecule has 2 aromatic rings. The minimum atomic E-state index is -1.46. The van der Waals surface area contributed by atoms with Gasteiger partial charge in [-0.3, -0.25) is 0 Å². The van der Waals surface area contributed by atoms with Crippen LogP contribution in [0.5, 0.6) is 0 Å². The quantitative estimate of drug-likeness (QED) is 0.476. The summed E-state index contributed by atoms with van der Waals surface area (Å²) >= 11 is 0. The Balaban J connectivity index is 1.58. The molecule has 32 heavy (non-hydrogen) atoms. The lowest BCUT2D eigenvalue weighted by molar-refractivity contribution is -0.231. The molecule has 5 N–H and O–H groups in total. The number of nitrogens with zero attached hydrogens (tertiary/aromatic N) is 1. The zero-order valence-electron chi connectivity index (χ0n) is 17.8. The fourth-order valence-electron chi connectivity index (χ4n) is 4.82. The Kier molecular flexibility index (Phi) is 6.63. The van der Waals surface area contributed by atoms with Crippen molar-refractivity contribution in [2.75, 3.05) is 6.61 Å². The van der Waals surface area contributed by atoms with E-state index in [1.54, 1.807) is 18.2 Å². The molecule has 2 aliphatic rings. The molecule has 0 spiro atoms. The van der Waals surface area contributed by atoms with Crippen molar-refractivity contribution in [3.05, 3.63) is 70.3 Å². The van der Waals surface area contributed by atoms with Gasteiger partial charge in [-0.25, -0.2) is 0 Å². The number of rotatable bonds is 5. The third-order valence-electron chi connectivity index (χ3n) is 6.79. The largest absolute Gasteiger partial charge is 0.394 e. The van der Waals surface area contributed by atoms with E-state index in [0.717, 1.165) is 42.4 Å². The maximum atomic E-state index is 10.8. The number of aliphatic hydroxyl groups excluding tert-OH is 4. The zero-order chi connectivity index (χ0) is 22.9. The summed E-state index contributed by atoms with van der Waals surface area (Å²) in [6.07, 6.45) is -2.15. The van der Waals surface area contributed by atoms with Crippen molar-refractivity contribution >= 4 is 0 Å². The van der Waals surface area contributed by atoms with E-state index in [1.165, 1.54) is 0 Å². The van der Waals surface area contributed by atoms with Crippen molar-refractivity contribution in [2.45, 2.75) is 68.2 Å². The van der Waals surface area contributed by atoms with Crippen LogP contribution in [-0.4, -0.2) is 56.6 Å². The van der Waals surface area contributed by atoms with Crippen molar-refractivity contribution in [1.82, 2.24) is 0 Å². The van der Waals surface area contributed by atoms with E-state index < -0.39 is 42.7 Å². The van der Waals surface area contributed by atoms with Crippen molar-refractivity contribution < 1.29 is 30.3 Å². The maximum Gasteiger partial charge on any atom is 0.113 e. The van der Waals surface area contributed by atoms with Crippen LogP contribution in [0, 0.1) is 11.3 Å². The average molecular weight is 440 g/mol. The van der Waals surface area contributed by atoms with Crippen LogP contribution in [0.3, 0.4) is 0 Å². The van der Waals surface area contributed by atoms with Gasteiger partial charge < -0.3 is 30.3 Å². The molecule has 0 amide bonds. The van der Waals surface area contributed by atoms with E-state index in [9.17, 15) is 30.8 Å². The molecular weight excluding hydrogens is 410 g/mol. The molecule has 1 aliphatic carbocycles. The molecule has 2 fully saturated rings. The lowest BCUT2D eigenvalue weighted by Crippen LogP contribution is -2.55. The Morgan fingerprint density at radius 1 is 0.969 bits per heavy atom. The van der Waals surface area contributed by atoms with Gasteiger partial charge in [-0.15, -0.1) is 0 Å². The molecule has 0 radical (unpaired) electrons.